The summed E-state index contributed by atoms with van der Waals surface area (Å²) in [6.45, 7) is 4.22. The number of hydrogen-bond donors (Lipinski definition) is 2. The number of amides is 1. The van der Waals surface area contributed by atoms with Crippen LogP contribution < -0.4 is 5.32 Å². The van der Waals surface area contributed by atoms with Crippen LogP contribution in [0.15, 0.2) is 53.4 Å². The second kappa shape index (κ2) is 9.79. The van der Waals surface area contributed by atoms with Gasteiger partial charge >= 0.3 is 0 Å². The Morgan fingerprint density at radius 1 is 1.14 bits per heavy atom. The molecule has 1 saturated heterocycles. The molecule has 0 spiro atoms. The number of nitrogens with zero attached hydrogens (tertiary/aromatic N) is 1. The van der Waals surface area contributed by atoms with E-state index >= 15 is 0 Å². The van der Waals surface area contributed by atoms with Gasteiger partial charge in [-0.05, 0) is 61.9 Å². The summed E-state index contributed by atoms with van der Waals surface area (Å²) in [5.41, 5.74) is 0.563. The van der Waals surface area contributed by atoms with Gasteiger partial charge in [-0.25, -0.2) is 17.8 Å². The lowest BCUT2D eigenvalue weighted by molar-refractivity contribution is -0.131. The maximum Gasteiger partial charge on any atom is 0.248 e. The van der Waals surface area contributed by atoms with Gasteiger partial charge in [0.25, 0.3) is 0 Å². The highest BCUT2D eigenvalue weighted by Gasteiger charge is 2.54. The molecule has 3 atom stereocenters. The van der Waals surface area contributed by atoms with Crippen LogP contribution in [0.5, 0.6) is 0 Å². The van der Waals surface area contributed by atoms with E-state index in [4.69, 9.17) is 16.4 Å². The Balaban J connectivity index is 1.72. The van der Waals surface area contributed by atoms with E-state index in [1.54, 1.807) is 28.6 Å². The number of rotatable bonds is 6. The van der Waals surface area contributed by atoms with Crippen LogP contribution in [-0.4, -0.2) is 38.5 Å². The molecule has 0 radical (unpaired) electrons. The zero-order valence-electron chi connectivity index (χ0n) is 20.0. The minimum atomic E-state index is -3.50. The summed E-state index contributed by atoms with van der Waals surface area (Å²) in [5, 5.41) is 3.57. The first-order valence-electron chi connectivity index (χ1n) is 12.0. The molecular formula is C26H32ClF2N3O2S. The van der Waals surface area contributed by atoms with Crippen LogP contribution in [0.2, 0.25) is 5.02 Å². The van der Waals surface area contributed by atoms with Gasteiger partial charge in [-0.3, -0.25) is 4.79 Å². The molecule has 2 fully saturated rings. The standard InChI is InChI=1S/C26H32ClF2N3O2S/c1-18-3-9-23(10-4-18)35(30,34)32-17-19(2)15-25(32,16-20-5-7-21(27)8-6-20)24(33)31-22-11-13-26(28,29)14-12-22/h3-10,19,22,30H,11-17H2,1-2H3,(H,31,33)/t19?,25?,35-/m1/s1. The first-order valence-corrected chi connectivity index (χ1v) is 13.9. The molecule has 35 heavy (non-hydrogen) atoms. The Morgan fingerprint density at radius 3 is 2.34 bits per heavy atom. The largest absolute Gasteiger partial charge is 0.352 e. The Labute approximate surface area is 211 Å². The molecule has 190 valence electrons. The smallest absolute Gasteiger partial charge is 0.248 e. The number of carbonyl (C=O) groups excluding carboxylic acids is 1. The van der Waals surface area contributed by atoms with E-state index in [-0.39, 0.29) is 50.0 Å². The van der Waals surface area contributed by atoms with Crippen LogP contribution in [0.4, 0.5) is 8.78 Å². The topological polar surface area (TPSA) is 73.3 Å². The predicted octanol–water partition coefficient (Wildman–Crippen LogP) is 5.99. The number of nitrogens with one attached hydrogen (secondary N) is 2. The van der Waals surface area contributed by atoms with Gasteiger partial charge in [0.2, 0.25) is 11.8 Å². The maximum absolute atomic E-state index is 14.1. The minimum Gasteiger partial charge on any atom is -0.352 e. The van der Waals surface area contributed by atoms with Crippen molar-refractivity contribution in [3.05, 3.63) is 64.7 Å². The van der Waals surface area contributed by atoms with E-state index in [1.165, 1.54) is 0 Å². The molecule has 2 N–H and O–H groups in total. The van der Waals surface area contributed by atoms with Crippen LogP contribution in [-0.2, 0) is 21.1 Å². The van der Waals surface area contributed by atoms with Crippen LogP contribution in [0.3, 0.4) is 0 Å². The number of alkyl halides is 2. The zero-order valence-corrected chi connectivity index (χ0v) is 21.6. The van der Waals surface area contributed by atoms with Gasteiger partial charge in [0.15, 0.2) is 0 Å². The minimum absolute atomic E-state index is 0.0142. The van der Waals surface area contributed by atoms with Crippen LogP contribution in [0, 0.1) is 17.6 Å². The highest BCUT2D eigenvalue weighted by molar-refractivity contribution is 7.90. The molecule has 1 heterocycles. The third-order valence-corrected chi connectivity index (χ3v) is 9.46. The summed E-state index contributed by atoms with van der Waals surface area (Å²) in [6, 6.07) is 13.8. The Kier molecular flexibility index (Phi) is 7.28. The van der Waals surface area contributed by atoms with Crippen molar-refractivity contribution < 1.29 is 17.8 Å². The number of aryl methyl sites for hydroxylation is 1. The van der Waals surface area contributed by atoms with Crippen molar-refractivity contribution in [1.29, 1.82) is 4.78 Å². The van der Waals surface area contributed by atoms with E-state index in [9.17, 15) is 17.8 Å². The second-order valence-corrected chi connectivity index (χ2v) is 12.5. The normalized spacial score (nSPS) is 26.8. The van der Waals surface area contributed by atoms with Gasteiger partial charge in [0.05, 0.1) is 4.90 Å². The van der Waals surface area contributed by atoms with Gasteiger partial charge in [-0.1, -0.05) is 48.4 Å². The van der Waals surface area contributed by atoms with E-state index in [2.05, 4.69) is 5.32 Å². The molecular weight excluding hydrogens is 492 g/mol. The van der Waals surface area contributed by atoms with E-state index in [0.717, 1.165) is 11.1 Å². The van der Waals surface area contributed by atoms with Crippen molar-refractivity contribution in [3.8, 4) is 0 Å². The molecule has 1 amide bonds. The van der Waals surface area contributed by atoms with E-state index in [0.29, 0.717) is 22.9 Å². The van der Waals surface area contributed by atoms with Gasteiger partial charge < -0.3 is 5.32 Å². The monoisotopic (exact) mass is 523 g/mol. The summed E-state index contributed by atoms with van der Waals surface area (Å²) in [4.78, 5) is 14.3. The number of hydrogen-bond acceptors (Lipinski definition) is 3. The molecule has 1 saturated carbocycles. The summed E-state index contributed by atoms with van der Waals surface area (Å²) < 4.78 is 52.0. The van der Waals surface area contributed by atoms with Crippen molar-refractivity contribution in [3.63, 3.8) is 0 Å². The van der Waals surface area contributed by atoms with Crippen molar-refractivity contribution in [2.45, 2.75) is 74.8 Å². The fourth-order valence-electron chi connectivity index (χ4n) is 5.29. The summed E-state index contributed by atoms with van der Waals surface area (Å²) >= 11 is 6.07. The van der Waals surface area contributed by atoms with Crippen LogP contribution in [0.25, 0.3) is 0 Å². The third-order valence-electron chi connectivity index (χ3n) is 7.18. The highest BCUT2D eigenvalue weighted by atomic mass is 35.5. The average molecular weight is 524 g/mol. The van der Waals surface area contributed by atoms with E-state index in [1.807, 2.05) is 38.1 Å². The summed E-state index contributed by atoms with van der Waals surface area (Å²) in [5.74, 6) is -3.03. The van der Waals surface area contributed by atoms with Gasteiger partial charge in [-0.15, -0.1) is 0 Å². The number of halogens is 3. The molecule has 5 nitrogen and oxygen atoms in total. The molecule has 0 bridgehead atoms. The van der Waals surface area contributed by atoms with Crippen molar-refractivity contribution >= 4 is 27.4 Å². The Bertz CT molecular complexity index is 1160. The molecule has 0 aromatic heterocycles. The molecule has 4 rings (SSSR count). The third kappa shape index (κ3) is 5.54. The lowest BCUT2D eigenvalue weighted by Crippen LogP contribution is -2.60. The van der Waals surface area contributed by atoms with Crippen molar-refractivity contribution in [2.24, 2.45) is 5.92 Å². The predicted molar refractivity (Wildman–Crippen MR) is 134 cm³/mol. The Morgan fingerprint density at radius 2 is 1.74 bits per heavy atom. The first-order chi connectivity index (χ1) is 16.4. The molecule has 2 unspecified atom stereocenters. The SMILES string of the molecule is Cc1ccc([S@](=N)(=O)N2CC(C)CC2(Cc2ccc(Cl)cc2)C(=O)NC2CCC(F)(F)CC2)cc1. The Hall–Kier alpha value is -2.03. The fraction of sp³-hybridized carbons (Fsp3) is 0.500. The summed E-state index contributed by atoms with van der Waals surface area (Å²) in [7, 11) is -3.50. The highest BCUT2D eigenvalue weighted by Crippen LogP contribution is 2.41. The second-order valence-electron chi connectivity index (χ2n) is 10.1. The lowest BCUT2D eigenvalue weighted by Gasteiger charge is -2.40. The molecule has 9 heteroatoms. The zero-order chi connectivity index (χ0) is 25.4. The summed E-state index contributed by atoms with van der Waals surface area (Å²) in [6.07, 6.45) is 0.512. The van der Waals surface area contributed by atoms with Crippen molar-refractivity contribution in [1.82, 2.24) is 9.62 Å². The fourth-order valence-corrected chi connectivity index (χ4v) is 7.36. The maximum atomic E-state index is 14.1. The first kappa shape index (κ1) is 26.0. The molecule has 1 aliphatic heterocycles. The van der Waals surface area contributed by atoms with Crippen LogP contribution >= 0.6 is 11.6 Å². The molecule has 1 aliphatic carbocycles. The molecule has 2 aromatic carbocycles. The van der Waals surface area contributed by atoms with Gasteiger partial charge in [0.1, 0.15) is 15.5 Å². The number of benzene rings is 2. The molecule has 2 aromatic rings. The van der Waals surface area contributed by atoms with E-state index < -0.39 is 21.4 Å². The lowest BCUT2D eigenvalue weighted by atomic mass is 9.84. The average Bonchev–Trinajstić information content (AvgIpc) is 3.15. The molecule has 2 aliphatic rings. The van der Waals surface area contributed by atoms with Crippen LogP contribution in [0.1, 0.15) is 50.2 Å². The number of carbonyl (C=O) groups is 1. The van der Waals surface area contributed by atoms with Gasteiger partial charge in [0, 0.05) is 36.9 Å². The van der Waals surface area contributed by atoms with Gasteiger partial charge in [-0.2, -0.15) is 4.31 Å². The quantitative estimate of drug-likeness (QED) is 0.488. The van der Waals surface area contributed by atoms with Crippen molar-refractivity contribution in [2.75, 3.05) is 6.54 Å².